The van der Waals surface area contributed by atoms with E-state index in [-0.39, 0.29) is 13.0 Å². The molecule has 0 aromatic carbocycles. The number of nitrogens with zero attached hydrogens (tertiary/aromatic N) is 1. The summed E-state index contributed by atoms with van der Waals surface area (Å²) in [6, 6.07) is 0. The first kappa shape index (κ1) is 24.7. The van der Waals surface area contributed by atoms with E-state index in [1.165, 1.54) is 0 Å². The van der Waals surface area contributed by atoms with Crippen LogP contribution in [0.3, 0.4) is 0 Å². The monoisotopic (exact) mass is 387 g/mol. The average Bonchev–Trinajstić information content (AvgIpc) is 2.41. The van der Waals surface area contributed by atoms with Gasteiger partial charge in [-0.05, 0) is 23.7 Å². The molecule has 0 aromatic rings. The van der Waals surface area contributed by atoms with Crippen molar-refractivity contribution < 1.29 is 17.0 Å². The number of rotatable bonds is 2. The number of hydrogen-bond donors (Lipinski definition) is 0. The summed E-state index contributed by atoms with van der Waals surface area (Å²) in [5.74, 6) is 3.40. The molecule has 5 atom stereocenters. The van der Waals surface area contributed by atoms with Gasteiger partial charge in [-0.15, -0.1) is 5.54 Å². The van der Waals surface area contributed by atoms with Gasteiger partial charge in [-0.1, -0.05) is 75.3 Å². The summed E-state index contributed by atoms with van der Waals surface area (Å²) in [5.41, 5.74) is 0.983. The SMILES string of the molecule is CC1C(C)[C@H](C)C([Si](C)(C)[N-]C(C)(C)C)[C@@H]1C.[CH3-].[Cl][Ti][Cl]. The van der Waals surface area contributed by atoms with Crippen LogP contribution in [0, 0.1) is 31.1 Å². The predicted molar refractivity (Wildman–Crippen MR) is 99.1 cm³/mol. The van der Waals surface area contributed by atoms with Crippen LogP contribution in [0.4, 0.5) is 0 Å². The second-order valence-electron chi connectivity index (χ2n) is 7.97. The fourth-order valence-electron chi connectivity index (χ4n) is 4.32. The zero-order valence-corrected chi connectivity index (χ0v) is 19.7. The quantitative estimate of drug-likeness (QED) is 0.353. The van der Waals surface area contributed by atoms with E-state index in [2.05, 4.69) is 61.6 Å². The molecule has 0 amide bonds. The van der Waals surface area contributed by atoms with Crippen LogP contribution in [0.1, 0.15) is 48.5 Å². The minimum absolute atomic E-state index is 0. The minimum atomic E-state index is -1.49. The van der Waals surface area contributed by atoms with Crippen molar-refractivity contribution in [3.8, 4) is 0 Å². The summed E-state index contributed by atoms with van der Waals surface area (Å²) < 4.78 is 0. The van der Waals surface area contributed by atoms with Crippen molar-refractivity contribution >= 4 is 26.8 Å². The van der Waals surface area contributed by atoms with E-state index < -0.39 is 25.3 Å². The van der Waals surface area contributed by atoms with Gasteiger partial charge in [0.1, 0.15) is 0 Å². The molecule has 0 heterocycles. The van der Waals surface area contributed by atoms with E-state index in [1.54, 1.807) is 0 Å². The van der Waals surface area contributed by atoms with Gasteiger partial charge >= 0.3 is 35.6 Å². The van der Waals surface area contributed by atoms with Gasteiger partial charge in [0.05, 0.1) is 0 Å². The number of hydrogen-bond acceptors (Lipinski definition) is 0. The van der Waals surface area contributed by atoms with Crippen molar-refractivity contribution in [2.24, 2.45) is 23.7 Å². The summed E-state index contributed by atoms with van der Waals surface area (Å²) in [6.45, 7) is 21.5. The van der Waals surface area contributed by atoms with Crippen molar-refractivity contribution in [3.05, 3.63) is 12.4 Å². The predicted octanol–water partition coefficient (Wildman–Crippen LogP) is 7.12. The zero-order valence-electron chi connectivity index (χ0n) is 15.6. The van der Waals surface area contributed by atoms with Crippen LogP contribution in [0.5, 0.6) is 0 Å². The Balaban J connectivity index is 0. The molecule has 1 saturated carbocycles. The molecular weight excluding hydrogens is 353 g/mol. The third-order valence-electron chi connectivity index (χ3n) is 5.06. The fourth-order valence-corrected chi connectivity index (χ4v) is 9.37. The Morgan fingerprint density at radius 2 is 1.14 bits per heavy atom. The molecule has 5 heteroatoms. The summed E-state index contributed by atoms with van der Waals surface area (Å²) in [4.78, 5) is 5.23. The van der Waals surface area contributed by atoms with Crippen molar-refractivity contribution in [1.82, 2.24) is 0 Å². The molecule has 0 bridgehead atoms. The van der Waals surface area contributed by atoms with Gasteiger partial charge in [-0.3, -0.25) is 0 Å². The molecule has 0 N–H and O–H groups in total. The van der Waals surface area contributed by atoms with Gasteiger partial charge in [0.2, 0.25) is 0 Å². The first-order valence-electron chi connectivity index (χ1n) is 7.59. The Hall–Kier alpha value is 1.47. The standard InChI is InChI=1S/C15H32NSi.CH3.2ClH.Ti/c1-10-11(2)13(4)14(12(10)3)17(8,9)16-15(5,6)7;;;;/h10-14H,1-9H3;1H3;2*1H;/q2*-1;;;+2/p-2/t10?,11?,12-,13+,14?;;;;. The van der Waals surface area contributed by atoms with Crippen molar-refractivity contribution in [3.63, 3.8) is 0 Å². The Morgan fingerprint density at radius 1 is 0.857 bits per heavy atom. The van der Waals surface area contributed by atoms with E-state index in [4.69, 9.17) is 23.6 Å². The third-order valence-corrected chi connectivity index (χ3v) is 8.99. The molecule has 1 aliphatic carbocycles. The molecule has 1 fully saturated rings. The molecule has 128 valence electrons. The molecule has 0 aliphatic heterocycles. The Morgan fingerprint density at radius 3 is 1.38 bits per heavy atom. The molecule has 3 unspecified atom stereocenters. The van der Waals surface area contributed by atoms with Crippen LogP contribution in [0.25, 0.3) is 4.98 Å². The van der Waals surface area contributed by atoms with Crippen LogP contribution in [-0.4, -0.2) is 13.8 Å². The normalized spacial score (nSPS) is 32.8. The average molecular weight is 388 g/mol. The van der Waals surface area contributed by atoms with Gasteiger partial charge in [-0.2, -0.15) is 0 Å². The molecule has 0 radical (unpaired) electrons. The molecule has 1 nitrogen and oxygen atoms in total. The Kier molecular flexibility index (Phi) is 11.4. The molecule has 21 heavy (non-hydrogen) atoms. The Bertz CT molecular complexity index is 280. The van der Waals surface area contributed by atoms with Gasteiger partial charge in [-0.25, -0.2) is 0 Å². The van der Waals surface area contributed by atoms with Crippen LogP contribution in [-0.2, 0) is 17.0 Å². The van der Waals surface area contributed by atoms with Gasteiger partial charge < -0.3 is 12.4 Å². The van der Waals surface area contributed by atoms with E-state index >= 15 is 0 Å². The summed E-state index contributed by atoms with van der Waals surface area (Å²) >= 11 is -0.556. The van der Waals surface area contributed by atoms with E-state index in [0.717, 1.165) is 29.2 Å². The molecule has 0 aromatic heterocycles. The molecule has 1 aliphatic rings. The second kappa shape index (κ2) is 9.69. The fraction of sp³-hybridized carbons (Fsp3) is 0.938. The molecule has 0 saturated heterocycles. The Labute approximate surface area is 152 Å². The van der Waals surface area contributed by atoms with E-state index in [9.17, 15) is 0 Å². The van der Waals surface area contributed by atoms with Crippen molar-refractivity contribution in [2.75, 3.05) is 0 Å². The van der Waals surface area contributed by atoms with Crippen molar-refractivity contribution in [2.45, 2.75) is 72.6 Å². The number of halogens is 2. The summed E-state index contributed by atoms with van der Waals surface area (Å²) in [5, 5.41) is 0. The zero-order chi connectivity index (χ0) is 16.3. The van der Waals surface area contributed by atoms with Gasteiger partial charge in [0.15, 0.2) is 0 Å². The maximum atomic E-state index is 5.23. The first-order chi connectivity index (χ1) is 8.89. The van der Waals surface area contributed by atoms with Crippen LogP contribution >= 0.6 is 18.6 Å². The maximum absolute atomic E-state index is 5.23. The molecule has 0 spiro atoms. The van der Waals surface area contributed by atoms with Gasteiger partial charge in [0, 0.05) is 0 Å². The van der Waals surface area contributed by atoms with Gasteiger partial charge in [0.25, 0.3) is 0 Å². The van der Waals surface area contributed by atoms with Crippen molar-refractivity contribution in [1.29, 1.82) is 0 Å². The van der Waals surface area contributed by atoms with Crippen LogP contribution in [0.2, 0.25) is 18.6 Å². The molecular formula is C16H35Cl2NSiTi-2. The van der Waals surface area contributed by atoms with Crippen LogP contribution < -0.4 is 0 Å². The van der Waals surface area contributed by atoms with E-state index in [1.807, 2.05) is 0 Å². The van der Waals surface area contributed by atoms with Crippen LogP contribution in [0.15, 0.2) is 0 Å². The third kappa shape index (κ3) is 7.27. The summed E-state index contributed by atoms with van der Waals surface area (Å²) in [6.07, 6.45) is 0. The first-order valence-corrected chi connectivity index (χ1v) is 14.9. The van der Waals surface area contributed by atoms with E-state index in [0.29, 0.717) is 0 Å². The second-order valence-corrected chi connectivity index (χ2v) is 14.7. The summed E-state index contributed by atoms with van der Waals surface area (Å²) in [7, 11) is 8.29. The molecule has 1 rings (SSSR count). The topological polar surface area (TPSA) is 14.1 Å².